The Morgan fingerprint density at radius 3 is 2.51 bits per heavy atom. The minimum absolute atomic E-state index is 0.0793. The molecule has 1 aliphatic heterocycles. The van der Waals surface area contributed by atoms with Crippen molar-refractivity contribution in [1.29, 1.82) is 0 Å². The van der Waals surface area contributed by atoms with Crippen LogP contribution in [0.25, 0.3) is 0 Å². The molecular weight excluding hydrogens is 562 g/mol. The Morgan fingerprint density at radius 1 is 1.11 bits per heavy atom. The van der Waals surface area contributed by atoms with Gasteiger partial charge in [-0.05, 0) is 49.6 Å². The Morgan fingerprint density at radius 2 is 1.84 bits per heavy atom. The second-order valence-electron chi connectivity index (χ2n) is 8.89. The second-order valence-corrected chi connectivity index (χ2v) is 11.7. The van der Waals surface area contributed by atoms with E-state index in [2.05, 4.69) is 21.2 Å². The lowest BCUT2D eigenvalue weighted by molar-refractivity contribution is -0.140. The quantitative estimate of drug-likeness (QED) is 0.401. The zero-order valence-electron chi connectivity index (χ0n) is 21.4. The molecular formula is C26H34BrN3O6S. The van der Waals surface area contributed by atoms with E-state index in [4.69, 9.17) is 9.47 Å². The lowest BCUT2D eigenvalue weighted by Gasteiger charge is -2.29. The highest BCUT2D eigenvalue weighted by Crippen LogP contribution is 2.34. The van der Waals surface area contributed by atoms with E-state index in [9.17, 15) is 18.0 Å². The summed E-state index contributed by atoms with van der Waals surface area (Å²) in [5.41, 5.74) is 1.32. The van der Waals surface area contributed by atoms with E-state index in [1.165, 1.54) is 4.31 Å². The third-order valence-electron chi connectivity index (χ3n) is 5.92. The van der Waals surface area contributed by atoms with E-state index in [1.54, 1.807) is 30.0 Å². The van der Waals surface area contributed by atoms with Crippen LogP contribution in [0.15, 0.2) is 46.9 Å². The van der Waals surface area contributed by atoms with Crippen LogP contribution in [0.4, 0.5) is 5.69 Å². The maximum atomic E-state index is 13.3. The highest BCUT2D eigenvalue weighted by atomic mass is 79.9. The third-order valence-corrected chi connectivity index (χ3v) is 7.61. The molecule has 0 bridgehead atoms. The van der Waals surface area contributed by atoms with E-state index < -0.39 is 16.1 Å². The van der Waals surface area contributed by atoms with Gasteiger partial charge in [-0.2, -0.15) is 0 Å². The molecule has 0 saturated carbocycles. The van der Waals surface area contributed by atoms with Crippen LogP contribution in [-0.2, 0) is 26.2 Å². The van der Waals surface area contributed by atoms with Crippen LogP contribution in [0.3, 0.4) is 0 Å². The van der Waals surface area contributed by atoms with Gasteiger partial charge in [-0.3, -0.25) is 13.9 Å². The van der Waals surface area contributed by atoms with E-state index in [1.807, 2.05) is 31.2 Å². The van der Waals surface area contributed by atoms with Gasteiger partial charge in [0.25, 0.3) is 0 Å². The number of carbonyl (C=O) groups is 2. The molecule has 1 aliphatic rings. The Bertz CT molecular complexity index is 1210. The first-order valence-corrected chi connectivity index (χ1v) is 14.9. The van der Waals surface area contributed by atoms with Gasteiger partial charge in [-0.25, -0.2) is 8.42 Å². The summed E-state index contributed by atoms with van der Waals surface area (Å²) in [6.45, 7) is 5.39. The number of nitrogens with zero attached hydrogens (tertiary/aromatic N) is 2. The fraction of sp³-hybridized carbons (Fsp3) is 0.462. The highest BCUT2D eigenvalue weighted by molar-refractivity contribution is 9.10. The maximum Gasteiger partial charge on any atom is 0.242 e. The van der Waals surface area contributed by atoms with Crippen molar-refractivity contribution in [3.8, 4) is 11.5 Å². The lowest BCUT2D eigenvalue weighted by Crippen LogP contribution is -2.47. The topological polar surface area (TPSA) is 105 Å². The smallest absolute Gasteiger partial charge is 0.242 e. The van der Waals surface area contributed by atoms with E-state index >= 15 is 0 Å². The van der Waals surface area contributed by atoms with E-state index in [0.717, 1.165) is 22.7 Å². The van der Waals surface area contributed by atoms with Gasteiger partial charge in [-0.15, -0.1) is 0 Å². The number of hydrogen-bond donors (Lipinski definition) is 1. The van der Waals surface area contributed by atoms with Gasteiger partial charge in [0.05, 0.1) is 11.9 Å². The molecule has 0 unspecified atom stereocenters. The fourth-order valence-corrected chi connectivity index (χ4v) is 5.41. The van der Waals surface area contributed by atoms with Crippen molar-refractivity contribution in [2.24, 2.45) is 0 Å². The summed E-state index contributed by atoms with van der Waals surface area (Å²) in [6.07, 6.45) is 2.28. The maximum absolute atomic E-state index is 13.3. The molecule has 1 atom stereocenters. The van der Waals surface area contributed by atoms with Crippen molar-refractivity contribution in [3.05, 3.63) is 52.5 Å². The zero-order valence-corrected chi connectivity index (χ0v) is 23.8. The number of hydrogen-bond acceptors (Lipinski definition) is 6. The van der Waals surface area contributed by atoms with Crippen molar-refractivity contribution in [3.63, 3.8) is 0 Å². The summed E-state index contributed by atoms with van der Waals surface area (Å²) >= 11 is 3.45. The van der Waals surface area contributed by atoms with Gasteiger partial charge >= 0.3 is 0 Å². The number of sulfonamides is 1. The number of halogens is 1. The summed E-state index contributed by atoms with van der Waals surface area (Å²) in [5, 5.41) is 2.85. The molecule has 1 N–H and O–H groups in total. The van der Waals surface area contributed by atoms with Crippen LogP contribution in [0.2, 0.25) is 0 Å². The summed E-state index contributed by atoms with van der Waals surface area (Å²) in [4.78, 5) is 27.6. The Labute approximate surface area is 227 Å². The first kappa shape index (κ1) is 28.8. The second kappa shape index (κ2) is 13.1. The number of anilines is 1. The molecule has 0 saturated heterocycles. The van der Waals surface area contributed by atoms with Crippen LogP contribution in [0.1, 0.15) is 38.7 Å². The van der Waals surface area contributed by atoms with Gasteiger partial charge in [0.2, 0.25) is 21.8 Å². The Kier molecular flexibility index (Phi) is 10.2. The number of fused-ring (bicyclic) bond motifs is 1. The molecule has 2 aromatic carbocycles. The number of nitrogens with one attached hydrogen (secondary N) is 1. The van der Waals surface area contributed by atoms with Gasteiger partial charge in [0, 0.05) is 36.6 Å². The summed E-state index contributed by atoms with van der Waals surface area (Å²) < 4.78 is 38.4. The summed E-state index contributed by atoms with van der Waals surface area (Å²) in [6, 6.07) is 11.9. The van der Waals surface area contributed by atoms with Crippen molar-refractivity contribution >= 4 is 43.5 Å². The molecule has 0 aromatic heterocycles. The lowest BCUT2D eigenvalue weighted by atomic mass is 10.1. The van der Waals surface area contributed by atoms with E-state index in [0.29, 0.717) is 36.9 Å². The van der Waals surface area contributed by atoms with E-state index in [-0.39, 0.29) is 37.7 Å². The third kappa shape index (κ3) is 8.10. The molecule has 11 heteroatoms. The van der Waals surface area contributed by atoms with Gasteiger partial charge in [-0.1, -0.05) is 35.0 Å². The first-order valence-electron chi connectivity index (χ1n) is 12.3. The monoisotopic (exact) mass is 595 g/mol. The number of rotatable bonds is 12. The predicted molar refractivity (Wildman–Crippen MR) is 146 cm³/mol. The van der Waals surface area contributed by atoms with Crippen molar-refractivity contribution in [2.45, 2.75) is 45.7 Å². The normalized spacial score (nSPS) is 13.5. The molecule has 2 amide bonds. The summed E-state index contributed by atoms with van der Waals surface area (Å²) in [5.74, 6) is 0.603. The largest absolute Gasteiger partial charge is 0.486 e. The molecule has 1 heterocycles. The summed E-state index contributed by atoms with van der Waals surface area (Å²) in [7, 11) is -3.61. The van der Waals surface area contributed by atoms with Crippen molar-refractivity contribution < 1.29 is 27.5 Å². The standard InChI is InChI=1S/C26H34BrN3O6S/c1-4-12-28-26(32)19(2)29(18-20-7-5-8-21(27)16-20)25(31)9-6-13-30(37(3,33)34)22-10-11-23-24(17-22)36-15-14-35-23/h5,7-8,10-11,16-17,19H,4,6,9,12-15,18H2,1-3H3,(H,28,32)/t19-/m0/s1. The number of benzene rings is 2. The molecule has 0 spiro atoms. The average molecular weight is 597 g/mol. The van der Waals surface area contributed by atoms with Crippen LogP contribution in [0.5, 0.6) is 11.5 Å². The van der Waals surface area contributed by atoms with Crippen LogP contribution in [-0.4, -0.2) is 63.7 Å². The van der Waals surface area contributed by atoms with Gasteiger partial charge in [0.1, 0.15) is 19.3 Å². The molecule has 0 fully saturated rings. The van der Waals surface area contributed by atoms with Crippen LogP contribution >= 0.6 is 15.9 Å². The molecule has 37 heavy (non-hydrogen) atoms. The minimum atomic E-state index is -3.61. The molecule has 0 aliphatic carbocycles. The van der Waals surface area contributed by atoms with Crippen molar-refractivity contribution in [2.75, 3.05) is 36.9 Å². The van der Waals surface area contributed by atoms with Crippen LogP contribution in [0, 0.1) is 0 Å². The number of carbonyl (C=O) groups excluding carboxylic acids is 2. The number of amides is 2. The van der Waals surface area contributed by atoms with Gasteiger partial charge < -0.3 is 19.7 Å². The zero-order chi connectivity index (χ0) is 27.0. The van der Waals surface area contributed by atoms with Gasteiger partial charge in [0.15, 0.2) is 11.5 Å². The SMILES string of the molecule is CCCNC(=O)[C@H](C)N(Cc1cccc(Br)c1)C(=O)CCCN(c1ccc2c(c1)OCCO2)S(C)(=O)=O. The fourth-order valence-electron chi connectivity index (χ4n) is 4.00. The molecule has 9 nitrogen and oxygen atoms in total. The Balaban J connectivity index is 1.73. The predicted octanol–water partition coefficient (Wildman–Crippen LogP) is 3.71. The molecule has 202 valence electrons. The molecule has 3 rings (SSSR count). The molecule has 2 aromatic rings. The van der Waals surface area contributed by atoms with Crippen molar-refractivity contribution in [1.82, 2.24) is 10.2 Å². The first-order chi connectivity index (χ1) is 17.6. The average Bonchev–Trinajstić information content (AvgIpc) is 2.86. The minimum Gasteiger partial charge on any atom is -0.486 e. The molecule has 0 radical (unpaired) electrons. The van der Waals surface area contributed by atoms with Crippen LogP contribution < -0.4 is 19.1 Å². The highest BCUT2D eigenvalue weighted by Gasteiger charge is 2.27. The Hall–Kier alpha value is -2.79. The number of ether oxygens (including phenoxy) is 2.